The van der Waals surface area contributed by atoms with Gasteiger partial charge in [0.1, 0.15) is 5.56 Å². The van der Waals surface area contributed by atoms with E-state index in [1.165, 1.54) is 19.2 Å². The molecule has 0 fully saturated rings. The molecule has 1 aromatic rings. The van der Waals surface area contributed by atoms with Crippen molar-refractivity contribution < 1.29 is 24.2 Å². The van der Waals surface area contributed by atoms with Crippen molar-refractivity contribution in [1.29, 1.82) is 0 Å². The van der Waals surface area contributed by atoms with Crippen LogP contribution >= 0.6 is 0 Å². The van der Waals surface area contributed by atoms with Crippen LogP contribution in [0.25, 0.3) is 0 Å². The first-order chi connectivity index (χ1) is 9.49. The van der Waals surface area contributed by atoms with E-state index in [-0.39, 0.29) is 35.6 Å². The van der Waals surface area contributed by atoms with E-state index < -0.39 is 5.97 Å². The van der Waals surface area contributed by atoms with Crippen molar-refractivity contribution >= 4 is 11.9 Å². The number of carbonyl (C=O) groups is 2. The Morgan fingerprint density at radius 2 is 2.10 bits per heavy atom. The molecule has 1 rings (SSSR count). The van der Waals surface area contributed by atoms with Crippen molar-refractivity contribution in [1.82, 2.24) is 5.32 Å². The van der Waals surface area contributed by atoms with E-state index in [2.05, 4.69) is 5.32 Å². The maximum absolute atomic E-state index is 11.8. The van der Waals surface area contributed by atoms with Gasteiger partial charge in [-0.2, -0.15) is 0 Å². The summed E-state index contributed by atoms with van der Waals surface area (Å²) < 4.78 is 9.74. The van der Waals surface area contributed by atoms with Gasteiger partial charge < -0.3 is 19.9 Å². The van der Waals surface area contributed by atoms with E-state index in [0.29, 0.717) is 0 Å². The molecular weight excluding hydrogens is 262 g/mol. The zero-order chi connectivity index (χ0) is 15.1. The minimum atomic E-state index is -0.777. The highest BCUT2D eigenvalue weighted by molar-refractivity contribution is 5.94. The van der Waals surface area contributed by atoms with Crippen molar-refractivity contribution in [2.24, 2.45) is 0 Å². The van der Waals surface area contributed by atoms with Crippen LogP contribution in [0.2, 0.25) is 0 Å². The van der Waals surface area contributed by atoms with Gasteiger partial charge in [0.2, 0.25) is 0 Å². The van der Waals surface area contributed by atoms with E-state index >= 15 is 0 Å². The van der Waals surface area contributed by atoms with Gasteiger partial charge >= 0.3 is 5.97 Å². The Labute approximate surface area is 117 Å². The maximum Gasteiger partial charge on any atom is 0.342 e. The Balaban J connectivity index is 2.62. The fourth-order valence-corrected chi connectivity index (χ4v) is 1.48. The molecule has 1 aromatic carbocycles. The third-order valence-electron chi connectivity index (χ3n) is 2.79. The monoisotopic (exact) mass is 281 g/mol. The number of phenols is 1. The summed E-state index contributed by atoms with van der Waals surface area (Å²) in [6, 6.07) is 4.48. The van der Waals surface area contributed by atoms with E-state index in [9.17, 15) is 14.7 Å². The summed E-state index contributed by atoms with van der Waals surface area (Å²) in [4.78, 5) is 23.3. The summed E-state index contributed by atoms with van der Waals surface area (Å²) in [6.07, 6.45) is 0.788. The second-order valence-electron chi connectivity index (χ2n) is 4.31. The SMILES string of the molecule is CCC(C)NC(=O)COC(=O)c1cccc(OC)c1O. The lowest BCUT2D eigenvalue weighted by molar-refractivity contribution is -0.124. The molecule has 0 saturated carbocycles. The lowest BCUT2D eigenvalue weighted by Gasteiger charge is -2.12. The predicted octanol–water partition coefficient (Wildman–Crippen LogP) is 1.47. The van der Waals surface area contributed by atoms with Crippen LogP contribution < -0.4 is 10.1 Å². The number of benzene rings is 1. The average molecular weight is 281 g/mol. The molecule has 110 valence electrons. The molecule has 1 atom stereocenters. The third-order valence-corrected chi connectivity index (χ3v) is 2.79. The van der Waals surface area contributed by atoms with Gasteiger partial charge in [-0.1, -0.05) is 13.0 Å². The molecular formula is C14H19NO5. The standard InChI is InChI=1S/C14H19NO5/c1-4-9(2)15-12(16)8-20-14(18)10-6-5-7-11(19-3)13(10)17/h5-7,9,17H,4,8H2,1-3H3,(H,15,16). The second kappa shape index (κ2) is 7.37. The zero-order valence-electron chi connectivity index (χ0n) is 11.8. The average Bonchev–Trinajstić information content (AvgIpc) is 2.44. The molecule has 0 saturated heterocycles. The number of carbonyl (C=O) groups excluding carboxylic acids is 2. The maximum atomic E-state index is 11.8. The molecule has 0 aliphatic carbocycles. The van der Waals surface area contributed by atoms with Crippen LogP contribution in [0.15, 0.2) is 18.2 Å². The third kappa shape index (κ3) is 4.15. The Morgan fingerprint density at radius 1 is 1.40 bits per heavy atom. The highest BCUT2D eigenvalue weighted by Crippen LogP contribution is 2.29. The summed E-state index contributed by atoms with van der Waals surface area (Å²) in [7, 11) is 1.38. The molecule has 0 aliphatic heterocycles. The van der Waals surface area contributed by atoms with Gasteiger partial charge in [0, 0.05) is 6.04 Å². The topological polar surface area (TPSA) is 84.9 Å². The Morgan fingerprint density at radius 3 is 2.70 bits per heavy atom. The van der Waals surface area contributed by atoms with Crippen LogP contribution in [0.1, 0.15) is 30.6 Å². The molecule has 0 bridgehead atoms. The summed E-state index contributed by atoms with van der Waals surface area (Å²) >= 11 is 0. The van der Waals surface area contributed by atoms with Gasteiger partial charge in [0.05, 0.1) is 7.11 Å². The number of nitrogens with one attached hydrogen (secondary N) is 1. The fraction of sp³-hybridized carbons (Fsp3) is 0.429. The number of phenolic OH excluding ortho intramolecular Hbond substituents is 1. The van der Waals surface area contributed by atoms with Crippen molar-refractivity contribution in [3.8, 4) is 11.5 Å². The molecule has 0 radical (unpaired) electrons. The fourth-order valence-electron chi connectivity index (χ4n) is 1.48. The second-order valence-corrected chi connectivity index (χ2v) is 4.31. The summed E-state index contributed by atoms with van der Waals surface area (Å²) in [5, 5.41) is 12.5. The summed E-state index contributed by atoms with van der Waals surface area (Å²) in [6.45, 7) is 3.40. The minimum absolute atomic E-state index is 0.0198. The quantitative estimate of drug-likeness (QED) is 0.771. The zero-order valence-corrected chi connectivity index (χ0v) is 11.8. The van der Waals surface area contributed by atoms with Crippen LogP contribution in [0.4, 0.5) is 0 Å². The molecule has 6 nitrogen and oxygen atoms in total. The van der Waals surface area contributed by atoms with Gasteiger partial charge in [0.25, 0.3) is 5.91 Å². The number of amides is 1. The van der Waals surface area contributed by atoms with Crippen LogP contribution in [-0.4, -0.2) is 36.7 Å². The van der Waals surface area contributed by atoms with E-state index in [1.54, 1.807) is 6.07 Å². The van der Waals surface area contributed by atoms with Gasteiger partial charge in [-0.15, -0.1) is 0 Å². The number of esters is 1. The molecule has 0 aliphatic rings. The normalized spacial score (nSPS) is 11.6. The molecule has 2 N–H and O–H groups in total. The number of hydrogen-bond donors (Lipinski definition) is 2. The number of aromatic hydroxyl groups is 1. The van der Waals surface area contributed by atoms with E-state index in [1.807, 2.05) is 13.8 Å². The number of methoxy groups -OCH3 is 1. The highest BCUT2D eigenvalue weighted by atomic mass is 16.5. The molecule has 1 amide bonds. The Bertz CT molecular complexity index is 486. The Kier molecular flexibility index (Phi) is 5.83. The first-order valence-electron chi connectivity index (χ1n) is 6.32. The lowest BCUT2D eigenvalue weighted by atomic mass is 10.2. The van der Waals surface area contributed by atoms with Gasteiger partial charge in [-0.25, -0.2) is 4.79 Å². The van der Waals surface area contributed by atoms with Gasteiger partial charge in [-0.3, -0.25) is 4.79 Å². The van der Waals surface area contributed by atoms with Crippen molar-refractivity contribution in [3.05, 3.63) is 23.8 Å². The van der Waals surface area contributed by atoms with Crippen molar-refractivity contribution in [2.45, 2.75) is 26.3 Å². The van der Waals surface area contributed by atoms with Crippen molar-refractivity contribution in [2.75, 3.05) is 13.7 Å². The van der Waals surface area contributed by atoms with Gasteiger partial charge in [0.15, 0.2) is 18.1 Å². The number of rotatable bonds is 6. The smallest absolute Gasteiger partial charge is 0.342 e. The summed E-state index contributed by atoms with van der Waals surface area (Å²) in [5.74, 6) is -1.29. The van der Waals surface area contributed by atoms with Crippen LogP contribution in [0.5, 0.6) is 11.5 Å². The van der Waals surface area contributed by atoms with Crippen LogP contribution in [-0.2, 0) is 9.53 Å². The minimum Gasteiger partial charge on any atom is -0.504 e. The Hall–Kier alpha value is -2.24. The number of para-hydroxylation sites is 1. The number of hydrogen-bond acceptors (Lipinski definition) is 5. The van der Waals surface area contributed by atoms with Crippen LogP contribution in [0.3, 0.4) is 0 Å². The lowest BCUT2D eigenvalue weighted by Crippen LogP contribution is -2.35. The highest BCUT2D eigenvalue weighted by Gasteiger charge is 2.17. The van der Waals surface area contributed by atoms with E-state index in [4.69, 9.17) is 9.47 Å². The first kappa shape index (κ1) is 15.8. The largest absolute Gasteiger partial charge is 0.504 e. The number of ether oxygens (including phenoxy) is 2. The first-order valence-corrected chi connectivity index (χ1v) is 6.32. The molecule has 0 spiro atoms. The van der Waals surface area contributed by atoms with Crippen LogP contribution in [0, 0.1) is 0 Å². The van der Waals surface area contributed by atoms with E-state index in [0.717, 1.165) is 6.42 Å². The summed E-state index contributed by atoms with van der Waals surface area (Å²) in [5.41, 5.74) is -0.0410. The molecule has 20 heavy (non-hydrogen) atoms. The predicted molar refractivity (Wildman–Crippen MR) is 72.8 cm³/mol. The molecule has 1 unspecified atom stereocenters. The van der Waals surface area contributed by atoms with Crippen molar-refractivity contribution in [3.63, 3.8) is 0 Å². The molecule has 0 aromatic heterocycles. The van der Waals surface area contributed by atoms with Gasteiger partial charge in [-0.05, 0) is 25.5 Å². The molecule has 6 heteroatoms. The molecule has 0 heterocycles.